The van der Waals surface area contributed by atoms with E-state index in [1.54, 1.807) is 6.20 Å². The van der Waals surface area contributed by atoms with Crippen LogP contribution in [0.1, 0.15) is 65.5 Å². The molecule has 6 rings (SSSR count). The van der Waals surface area contributed by atoms with Crippen molar-refractivity contribution in [3.63, 3.8) is 0 Å². The number of nitrogens with one attached hydrogen (secondary N) is 2. The molecule has 0 saturated carbocycles. The minimum absolute atomic E-state index is 0.0265. The number of fused-ring (bicyclic) bond motifs is 1. The Labute approximate surface area is 221 Å². The molecule has 1 aliphatic heterocycles. The van der Waals surface area contributed by atoms with Crippen LogP contribution in [0.2, 0.25) is 0 Å². The van der Waals surface area contributed by atoms with Crippen molar-refractivity contribution in [3.8, 4) is 22.8 Å². The van der Waals surface area contributed by atoms with Gasteiger partial charge in [-0.2, -0.15) is 0 Å². The Morgan fingerprint density at radius 1 is 1.16 bits per heavy atom. The number of amides is 1. The second-order valence-electron chi connectivity index (χ2n) is 9.99. The van der Waals surface area contributed by atoms with Crippen molar-refractivity contribution in [2.75, 3.05) is 18.8 Å². The Balaban J connectivity index is 1.27. The molecule has 1 unspecified atom stereocenters. The van der Waals surface area contributed by atoms with Crippen molar-refractivity contribution in [2.24, 2.45) is 0 Å². The number of benzene rings is 2. The van der Waals surface area contributed by atoms with Crippen LogP contribution in [0.5, 0.6) is 0 Å². The molecule has 1 saturated heterocycles. The van der Waals surface area contributed by atoms with Crippen molar-refractivity contribution in [2.45, 2.75) is 51.1 Å². The number of nitrogens with zero attached hydrogens (tertiary/aromatic N) is 5. The lowest BCUT2D eigenvalue weighted by molar-refractivity contribution is 0.0936. The van der Waals surface area contributed by atoms with Crippen LogP contribution in [-0.4, -0.2) is 43.7 Å². The fourth-order valence-corrected chi connectivity index (χ4v) is 5.53. The number of hydrogen-bond donors (Lipinski definition) is 3. The van der Waals surface area contributed by atoms with Crippen molar-refractivity contribution in [1.29, 1.82) is 0 Å². The highest BCUT2D eigenvalue weighted by Crippen LogP contribution is 2.31. The topological polar surface area (TPSA) is 124 Å². The van der Waals surface area contributed by atoms with E-state index in [2.05, 4.69) is 34.7 Å². The van der Waals surface area contributed by atoms with Crippen LogP contribution in [0, 0.1) is 0 Å². The van der Waals surface area contributed by atoms with Gasteiger partial charge in [0.15, 0.2) is 11.5 Å². The monoisotopic (exact) mass is 508 g/mol. The zero-order valence-corrected chi connectivity index (χ0v) is 21.5. The van der Waals surface area contributed by atoms with Gasteiger partial charge in [0.1, 0.15) is 5.82 Å². The maximum absolute atomic E-state index is 13.2. The summed E-state index contributed by atoms with van der Waals surface area (Å²) in [6, 6.07) is 15.8. The van der Waals surface area contributed by atoms with E-state index < -0.39 is 0 Å². The van der Waals surface area contributed by atoms with Crippen LogP contribution in [0.15, 0.2) is 54.7 Å². The van der Waals surface area contributed by atoms with E-state index in [0.29, 0.717) is 35.2 Å². The predicted molar refractivity (Wildman–Crippen MR) is 146 cm³/mol. The number of piperidine rings is 1. The third-order valence-electron chi connectivity index (χ3n) is 7.53. The third-order valence-corrected chi connectivity index (χ3v) is 7.53. The molecule has 4 N–H and O–H groups in total. The fourth-order valence-electron chi connectivity index (χ4n) is 5.53. The molecule has 38 heavy (non-hydrogen) atoms. The molecule has 4 aromatic rings. The van der Waals surface area contributed by atoms with Gasteiger partial charge in [0.2, 0.25) is 5.82 Å². The van der Waals surface area contributed by atoms with E-state index in [1.807, 2.05) is 41.1 Å². The summed E-state index contributed by atoms with van der Waals surface area (Å²) in [6.07, 6.45) is 5.71. The van der Waals surface area contributed by atoms with E-state index in [9.17, 15) is 4.79 Å². The van der Waals surface area contributed by atoms with Crippen molar-refractivity contribution in [1.82, 2.24) is 35.4 Å². The number of carbonyl (C=O) groups excluding carboxylic acids is 1. The van der Waals surface area contributed by atoms with E-state index in [0.717, 1.165) is 50.2 Å². The van der Waals surface area contributed by atoms with Gasteiger partial charge in [-0.15, -0.1) is 5.10 Å². The number of aromatic nitrogens is 5. The van der Waals surface area contributed by atoms with E-state index in [1.165, 1.54) is 11.1 Å². The summed E-state index contributed by atoms with van der Waals surface area (Å²) < 4.78 is 1.94. The van der Waals surface area contributed by atoms with Gasteiger partial charge >= 0.3 is 0 Å². The molecule has 0 bridgehead atoms. The lowest BCUT2D eigenvalue weighted by Crippen LogP contribution is -2.30. The van der Waals surface area contributed by atoms with Gasteiger partial charge in [-0.1, -0.05) is 36.4 Å². The normalized spacial score (nSPS) is 18.8. The Kier molecular flexibility index (Phi) is 6.59. The molecule has 0 spiro atoms. The van der Waals surface area contributed by atoms with E-state index in [4.69, 9.17) is 20.8 Å². The number of carbonyl (C=O) groups is 1. The molecule has 0 radical (unpaired) electrons. The summed E-state index contributed by atoms with van der Waals surface area (Å²) in [5.74, 6) is 1.92. The maximum Gasteiger partial charge on any atom is 0.251 e. The third kappa shape index (κ3) is 4.65. The summed E-state index contributed by atoms with van der Waals surface area (Å²) >= 11 is 0. The van der Waals surface area contributed by atoms with Gasteiger partial charge in [0.05, 0.1) is 17.9 Å². The van der Waals surface area contributed by atoms with E-state index >= 15 is 0 Å². The molecule has 1 aliphatic carbocycles. The highest BCUT2D eigenvalue weighted by molar-refractivity contribution is 5.95. The van der Waals surface area contributed by atoms with Crippen molar-refractivity contribution >= 4 is 11.7 Å². The number of aryl methyl sites for hydroxylation is 2. The molecule has 1 amide bonds. The quantitative estimate of drug-likeness (QED) is 0.361. The Hall–Kier alpha value is -4.11. The van der Waals surface area contributed by atoms with Crippen molar-refractivity contribution < 1.29 is 4.79 Å². The van der Waals surface area contributed by atoms with Crippen molar-refractivity contribution in [3.05, 3.63) is 77.2 Å². The molecule has 3 heterocycles. The second kappa shape index (κ2) is 10.3. The van der Waals surface area contributed by atoms with Crippen LogP contribution >= 0.6 is 0 Å². The number of nitrogens with two attached hydrogens (primary N) is 1. The molecule has 9 heteroatoms. The first-order valence-corrected chi connectivity index (χ1v) is 13.4. The van der Waals surface area contributed by atoms with Crippen LogP contribution in [0.4, 0.5) is 5.82 Å². The Morgan fingerprint density at radius 3 is 2.89 bits per heavy atom. The van der Waals surface area contributed by atoms with Gasteiger partial charge in [-0.25, -0.2) is 19.6 Å². The summed E-state index contributed by atoms with van der Waals surface area (Å²) in [6.45, 7) is 4.70. The highest BCUT2D eigenvalue weighted by atomic mass is 16.1. The minimum Gasteiger partial charge on any atom is -0.382 e. The van der Waals surface area contributed by atoms with Gasteiger partial charge in [-0.3, -0.25) is 4.79 Å². The molecule has 1 fully saturated rings. The number of anilines is 1. The Morgan fingerprint density at radius 2 is 2.05 bits per heavy atom. The second-order valence-corrected chi connectivity index (χ2v) is 9.99. The molecule has 2 aliphatic rings. The molecule has 2 aromatic heterocycles. The van der Waals surface area contributed by atoms with Crippen LogP contribution in [0.25, 0.3) is 22.8 Å². The number of hydrogen-bond acceptors (Lipinski definition) is 7. The molecular formula is C29H32N8O. The molecule has 9 nitrogen and oxygen atoms in total. The van der Waals surface area contributed by atoms with Gasteiger partial charge in [-0.05, 0) is 62.4 Å². The predicted octanol–water partition coefficient (Wildman–Crippen LogP) is 3.89. The smallest absolute Gasteiger partial charge is 0.251 e. The van der Waals surface area contributed by atoms with Crippen LogP contribution in [-0.2, 0) is 13.0 Å². The average molecular weight is 509 g/mol. The highest BCUT2D eigenvalue weighted by Gasteiger charge is 2.25. The maximum atomic E-state index is 13.2. The fraction of sp³-hybridized carbons (Fsp3) is 0.345. The Bertz CT molecular complexity index is 1470. The first kappa shape index (κ1) is 24.2. The van der Waals surface area contributed by atoms with Crippen LogP contribution < -0.4 is 16.4 Å². The minimum atomic E-state index is -0.105. The first-order chi connectivity index (χ1) is 18.6. The lowest BCUT2D eigenvalue weighted by Gasteiger charge is -2.21. The summed E-state index contributed by atoms with van der Waals surface area (Å²) in [5.41, 5.74) is 11.2. The van der Waals surface area contributed by atoms with Crippen LogP contribution in [0.3, 0.4) is 0 Å². The van der Waals surface area contributed by atoms with E-state index in [-0.39, 0.29) is 17.8 Å². The lowest BCUT2D eigenvalue weighted by atomic mass is 9.99. The largest absolute Gasteiger partial charge is 0.382 e. The molecule has 2 atom stereocenters. The average Bonchev–Trinajstić information content (AvgIpc) is 3.58. The van der Waals surface area contributed by atoms with Gasteiger partial charge in [0, 0.05) is 30.1 Å². The molecule has 194 valence electrons. The molecular weight excluding hydrogens is 476 g/mol. The SMILES string of the molecule is CCn1nc(-c2nc(-c3cccc(C(=O)N[C@@H]4CCc5ccccc54)c3)cnc2N)nc1C1CCCNC1. The summed E-state index contributed by atoms with van der Waals surface area (Å²) in [5, 5.41) is 11.4. The van der Waals surface area contributed by atoms with Gasteiger partial charge < -0.3 is 16.4 Å². The summed E-state index contributed by atoms with van der Waals surface area (Å²) in [4.78, 5) is 27.2. The van der Waals surface area contributed by atoms with Gasteiger partial charge in [0.25, 0.3) is 5.91 Å². The number of nitrogen functional groups attached to an aromatic ring is 1. The zero-order chi connectivity index (χ0) is 26.1. The standard InChI is InChI=1S/C29H32N8O/c1-2-37-28(21-10-6-14-31-16-21)35-27(36-37)25-26(30)32-17-24(33-25)19-8-5-9-20(15-19)29(38)34-23-13-12-18-7-3-4-11-22(18)23/h3-5,7-9,11,15,17,21,23,31H,2,6,10,12-14,16H2,1H3,(H2,30,32)(H,34,38)/t21?,23-/m1/s1. The zero-order valence-electron chi connectivity index (χ0n) is 21.5. The number of rotatable bonds is 6. The molecule has 2 aromatic carbocycles. The summed E-state index contributed by atoms with van der Waals surface area (Å²) in [7, 11) is 0. The first-order valence-electron chi connectivity index (χ1n) is 13.4.